The van der Waals surface area contributed by atoms with Gasteiger partial charge in [0.1, 0.15) is 5.75 Å². The Morgan fingerprint density at radius 2 is 1.56 bits per heavy atom. The number of ether oxygens (including phenoxy) is 1. The summed E-state index contributed by atoms with van der Waals surface area (Å²) in [7, 11) is -2.29. The summed E-state index contributed by atoms with van der Waals surface area (Å²) in [5, 5.41) is 4.64. The first kappa shape index (κ1) is 21.4. The van der Waals surface area contributed by atoms with Crippen molar-refractivity contribution in [1.29, 1.82) is 0 Å². The number of anilines is 2. The maximum atomic E-state index is 13.0. The molecule has 4 aromatic carbocycles. The molecule has 6 nitrogen and oxygen atoms in total. The monoisotopic (exact) mass is 446 g/mol. The number of carbonyl (C=O) groups excluding carboxylic acids is 1. The third-order valence-corrected chi connectivity index (χ3v) is 6.79. The van der Waals surface area contributed by atoms with Crippen molar-refractivity contribution in [3.05, 3.63) is 97.1 Å². The number of amides is 1. The van der Waals surface area contributed by atoms with Gasteiger partial charge in [-0.2, -0.15) is 0 Å². The molecule has 0 fully saturated rings. The summed E-state index contributed by atoms with van der Waals surface area (Å²) in [6.07, 6.45) is 0. The Morgan fingerprint density at radius 1 is 0.875 bits per heavy atom. The highest BCUT2D eigenvalue weighted by atomic mass is 32.2. The predicted molar refractivity (Wildman–Crippen MR) is 127 cm³/mol. The van der Waals surface area contributed by atoms with Crippen molar-refractivity contribution in [2.45, 2.75) is 4.90 Å². The average Bonchev–Trinajstić information content (AvgIpc) is 2.83. The van der Waals surface area contributed by atoms with Crippen molar-refractivity contribution >= 4 is 38.1 Å². The minimum absolute atomic E-state index is 0.0802. The second kappa shape index (κ2) is 9.11. The Morgan fingerprint density at radius 3 is 2.38 bits per heavy atom. The summed E-state index contributed by atoms with van der Waals surface area (Å²) < 4.78 is 32.9. The quantitative estimate of drug-likeness (QED) is 0.447. The van der Waals surface area contributed by atoms with Crippen LogP contribution >= 0.6 is 0 Å². The van der Waals surface area contributed by atoms with Crippen LogP contribution < -0.4 is 14.4 Å². The number of benzene rings is 4. The molecule has 0 aliphatic carbocycles. The number of carbonyl (C=O) groups is 1. The predicted octanol–water partition coefficient (Wildman–Crippen LogP) is 4.68. The maximum Gasteiger partial charge on any atom is 0.264 e. The number of hydrogen-bond acceptors (Lipinski definition) is 4. The van der Waals surface area contributed by atoms with Crippen molar-refractivity contribution < 1.29 is 17.9 Å². The Kier molecular flexibility index (Phi) is 6.09. The molecule has 7 heteroatoms. The molecule has 4 rings (SSSR count). The molecule has 162 valence electrons. The summed E-state index contributed by atoms with van der Waals surface area (Å²) in [4.78, 5) is 12.5. The van der Waals surface area contributed by atoms with E-state index >= 15 is 0 Å². The van der Waals surface area contributed by atoms with Gasteiger partial charge in [-0.25, -0.2) is 8.42 Å². The zero-order valence-electron chi connectivity index (χ0n) is 17.4. The van der Waals surface area contributed by atoms with E-state index in [1.54, 1.807) is 36.4 Å². The fourth-order valence-corrected chi connectivity index (χ4v) is 4.57. The Balaban J connectivity index is 1.46. The molecule has 4 aromatic rings. The number of sulfonamides is 1. The van der Waals surface area contributed by atoms with Crippen LogP contribution in [0.5, 0.6) is 5.75 Å². The fourth-order valence-electron chi connectivity index (χ4n) is 3.33. The lowest BCUT2D eigenvalue weighted by molar-refractivity contribution is -0.118. The van der Waals surface area contributed by atoms with Crippen molar-refractivity contribution in [3.8, 4) is 5.75 Å². The molecule has 0 bridgehead atoms. The molecular formula is C25H22N2O4S. The highest BCUT2D eigenvalue weighted by molar-refractivity contribution is 7.92. The molecule has 0 unspecified atom stereocenters. The SMILES string of the molecule is CN(c1ccccc1)S(=O)(=O)c1cccc(NC(=O)COc2cccc3ccccc23)c1. The van der Waals surface area contributed by atoms with Crippen LogP contribution in [0.4, 0.5) is 11.4 Å². The summed E-state index contributed by atoms with van der Waals surface area (Å²) in [5.74, 6) is 0.225. The molecule has 0 heterocycles. The molecule has 1 N–H and O–H groups in total. The van der Waals surface area contributed by atoms with Crippen LogP contribution in [0.2, 0.25) is 0 Å². The summed E-state index contributed by atoms with van der Waals surface area (Å²) in [5.41, 5.74) is 0.921. The summed E-state index contributed by atoms with van der Waals surface area (Å²) in [6, 6.07) is 28.4. The van der Waals surface area contributed by atoms with Gasteiger partial charge in [0, 0.05) is 18.1 Å². The Labute approximate surface area is 187 Å². The molecule has 0 aliphatic rings. The van der Waals surface area contributed by atoms with E-state index in [2.05, 4.69) is 5.32 Å². The van der Waals surface area contributed by atoms with Gasteiger partial charge >= 0.3 is 0 Å². The smallest absolute Gasteiger partial charge is 0.264 e. The third-order valence-electron chi connectivity index (χ3n) is 5.00. The summed E-state index contributed by atoms with van der Waals surface area (Å²) in [6.45, 7) is -0.200. The van der Waals surface area contributed by atoms with Crippen LogP contribution in [0.15, 0.2) is 102 Å². The first-order valence-corrected chi connectivity index (χ1v) is 11.4. The van der Waals surface area contributed by atoms with E-state index in [0.717, 1.165) is 10.8 Å². The molecule has 0 aromatic heterocycles. The van der Waals surface area contributed by atoms with Gasteiger partial charge in [-0.3, -0.25) is 9.10 Å². The number of fused-ring (bicyclic) bond motifs is 1. The normalized spacial score (nSPS) is 11.2. The van der Waals surface area contributed by atoms with E-state index in [-0.39, 0.29) is 17.4 Å². The lowest BCUT2D eigenvalue weighted by Crippen LogP contribution is -2.26. The second-order valence-electron chi connectivity index (χ2n) is 7.15. The van der Waals surface area contributed by atoms with Gasteiger partial charge in [0.25, 0.3) is 15.9 Å². The molecule has 0 aliphatic heterocycles. The highest BCUT2D eigenvalue weighted by Gasteiger charge is 2.21. The first-order chi connectivity index (χ1) is 15.4. The zero-order valence-corrected chi connectivity index (χ0v) is 18.2. The lowest BCUT2D eigenvalue weighted by atomic mass is 10.1. The van der Waals surface area contributed by atoms with Crippen LogP contribution in [-0.2, 0) is 14.8 Å². The van der Waals surface area contributed by atoms with Gasteiger partial charge in [0.05, 0.1) is 10.6 Å². The second-order valence-corrected chi connectivity index (χ2v) is 9.12. The van der Waals surface area contributed by atoms with Gasteiger partial charge in [-0.15, -0.1) is 0 Å². The van der Waals surface area contributed by atoms with Crippen molar-refractivity contribution in [3.63, 3.8) is 0 Å². The van der Waals surface area contributed by atoms with Crippen LogP contribution in [-0.4, -0.2) is 28.0 Å². The lowest BCUT2D eigenvalue weighted by Gasteiger charge is -2.20. The first-order valence-electron chi connectivity index (χ1n) is 9.99. The number of nitrogens with one attached hydrogen (secondary N) is 1. The minimum Gasteiger partial charge on any atom is -0.483 e. The van der Waals surface area contributed by atoms with Crippen molar-refractivity contribution in [1.82, 2.24) is 0 Å². The Bertz CT molecular complexity index is 1350. The molecule has 1 amide bonds. The van der Waals surface area contributed by atoms with Gasteiger partial charge in [0.2, 0.25) is 0 Å². The number of rotatable bonds is 7. The molecule has 0 spiro atoms. The van der Waals surface area contributed by atoms with E-state index in [1.807, 2.05) is 48.5 Å². The van der Waals surface area contributed by atoms with E-state index in [4.69, 9.17) is 4.74 Å². The van der Waals surface area contributed by atoms with Gasteiger partial charge < -0.3 is 10.1 Å². The highest BCUT2D eigenvalue weighted by Crippen LogP contribution is 2.26. The molecule has 0 radical (unpaired) electrons. The van der Waals surface area contributed by atoms with E-state index in [9.17, 15) is 13.2 Å². The van der Waals surface area contributed by atoms with Crippen LogP contribution in [0.1, 0.15) is 0 Å². The standard InChI is InChI=1S/C25H22N2O4S/c1-27(21-12-3-2-4-13-21)32(29,30)22-14-8-11-20(17-22)26-25(28)18-31-24-16-7-10-19-9-5-6-15-23(19)24/h2-17H,18H2,1H3,(H,26,28). The number of para-hydroxylation sites is 1. The molecule has 0 saturated carbocycles. The van der Waals surface area contributed by atoms with E-state index in [1.165, 1.54) is 23.5 Å². The number of nitrogens with zero attached hydrogens (tertiary/aromatic N) is 1. The molecular weight excluding hydrogens is 424 g/mol. The van der Waals surface area contributed by atoms with E-state index < -0.39 is 10.0 Å². The van der Waals surface area contributed by atoms with Crippen LogP contribution in [0, 0.1) is 0 Å². The van der Waals surface area contributed by atoms with Gasteiger partial charge in [0.15, 0.2) is 6.61 Å². The van der Waals surface area contributed by atoms with E-state index in [0.29, 0.717) is 17.1 Å². The molecule has 0 saturated heterocycles. The molecule has 0 atom stereocenters. The molecule has 32 heavy (non-hydrogen) atoms. The van der Waals surface area contributed by atoms with Crippen LogP contribution in [0.25, 0.3) is 10.8 Å². The summed E-state index contributed by atoms with van der Waals surface area (Å²) >= 11 is 0. The van der Waals surface area contributed by atoms with Gasteiger partial charge in [-0.1, -0.05) is 60.7 Å². The van der Waals surface area contributed by atoms with Gasteiger partial charge in [-0.05, 0) is 41.8 Å². The number of hydrogen-bond donors (Lipinski definition) is 1. The topological polar surface area (TPSA) is 75.7 Å². The fraction of sp³-hybridized carbons (Fsp3) is 0.0800. The Hall–Kier alpha value is -3.84. The average molecular weight is 447 g/mol. The largest absolute Gasteiger partial charge is 0.483 e. The van der Waals surface area contributed by atoms with Crippen molar-refractivity contribution in [2.24, 2.45) is 0 Å². The zero-order chi connectivity index (χ0) is 22.6. The van der Waals surface area contributed by atoms with Crippen molar-refractivity contribution in [2.75, 3.05) is 23.3 Å². The third kappa shape index (κ3) is 4.58. The minimum atomic E-state index is -3.78. The maximum absolute atomic E-state index is 13.0. The van der Waals surface area contributed by atoms with Crippen LogP contribution in [0.3, 0.4) is 0 Å².